The Morgan fingerprint density at radius 2 is 1.90 bits per heavy atom. The Hall–Kier alpha value is -1.31. The second-order valence-electron chi connectivity index (χ2n) is 6.24. The van der Waals surface area contributed by atoms with Gasteiger partial charge < -0.3 is 4.74 Å². The SMILES string of the molecule is COC(=O)Cc1cccc(CCC2CCC(C)CC2)c1. The van der Waals surface area contributed by atoms with Gasteiger partial charge in [0.2, 0.25) is 0 Å². The summed E-state index contributed by atoms with van der Waals surface area (Å²) in [4.78, 5) is 11.3. The van der Waals surface area contributed by atoms with E-state index >= 15 is 0 Å². The highest BCUT2D eigenvalue weighted by Gasteiger charge is 2.17. The first kappa shape index (κ1) is 15.1. The van der Waals surface area contributed by atoms with E-state index in [9.17, 15) is 4.79 Å². The highest BCUT2D eigenvalue weighted by molar-refractivity contribution is 5.72. The van der Waals surface area contributed by atoms with Crippen LogP contribution in [0.25, 0.3) is 0 Å². The Morgan fingerprint density at radius 1 is 1.20 bits per heavy atom. The Labute approximate surface area is 122 Å². The largest absolute Gasteiger partial charge is 0.469 e. The molecule has 0 atom stereocenters. The lowest BCUT2D eigenvalue weighted by atomic mass is 9.80. The van der Waals surface area contributed by atoms with Gasteiger partial charge in [0.15, 0.2) is 0 Å². The van der Waals surface area contributed by atoms with Gasteiger partial charge in [0.05, 0.1) is 13.5 Å². The number of rotatable bonds is 5. The average molecular weight is 274 g/mol. The topological polar surface area (TPSA) is 26.3 Å². The fourth-order valence-corrected chi connectivity index (χ4v) is 3.12. The van der Waals surface area contributed by atoms with Crippen molar-refractivity contribution in [2.75, 3.05) is 7.11 Å². The van der Waals surface area contributed by atoms with E-state index in [2.05, 4.69) is 25.1 Å². The molecule has 2 heteroatoms. The molecule has 1 saturated carbocycles. The predicted molar refractivity (Wildman–Crippen MR) is 81.6 cm³/mol. The summed E-state index contributed by atoms with van der Waals surface area (Å²) in [5.41, 5.74) is 2.41. The van der Waals surface area contributed by atoms with Crippen molar-refractivity contribution in [1.82, 2.24) is 0 Å². The highest BCUT2D eigenvalue weighted by atomic mass is 16.5. The van der Waals surface area contributed by atoms with E-state index in [1.54, 1.807) is 0 Å². The molecule has 0 aromatic heterocycles. The molecule has 20 heavy (non-hydrogen) atoms. The summed E-state index contributed by atoms with van der Waals surface area (Å²) < 4.78 is 4.72. The Kier molecular flexibility index (Phi) is 5.63. The molecule has 0 unspecified atom stereocenters. The third-order valence-electron chi connectivity index (χ3n) is 4.54. The van der Waals surface area contributed by atoms with Crippen LogP contribution >= 0.6 is 0 Å². The first-order chi connectivity index (χ1) is 9.67. The van der Waals surface area contributed by atoms with Crippen molar-refractivity contribution < 1.29 is 9.53 Å². The second-order valence-corrected chi connectivity index (χ2v) is 6.24. The van der Waals surface area contributed by atoms with Crippen molar-refractivity contribution in [3.8, 4) is 0 Å². The van der Waals surface area contributed by atoms with E-state index in [-0.39, 0.29) is 5.97 Å². The quantitative estimate of drug-likeness (QED) is 0.754. The number of aryl methyl sites for hydroxylation is 1. The van der Waals surface area contributed by atoms with Gasteiger partial charge in [-0.1, -0.05) is 56.9 Å². The molecular weight excluding hydrogens is 248 g/mol. The number of benzene rings is 1. The number of ether oxygens (including phenoxy) is 1. The Morgan fingerprint density at radius 3 is 2.60 bits per heavy atom. The van der Waals surface area contributed by atoms with Crippen molar-refractivity contribution in [2.24, 2.45) is 11.8 Å². The molecule has 1 aromatic carbocycles. The van der Waals surface area contributed by atoms with E-state index in [1.165, 1.54) is 44.8 Å². The van der Waals surface area contributed by atoms with Gasteiger partial charge in [0, 0.05) is 0 Å². The van der Waals surface area contributed by atoms with E-state index in [0.29, 0.717) is 6.42 Å². The summed E-state index contributed by atoms with van der Waals surface area (Å²) in [6.45, 7) is 2.37. The van der Waals surface area contributed by atoms with E-state index in [1.807, 2.05) is 6.07 Å². The van der Waals surface area contributed by atoms with Crippen molar-refractivity contribution in [2.45, 2.75) is 51.9 Å². The number of carbonyl (C=O) groups is 1. The standard InChI is InChI=1S/C18H26O2/c1-14-6-8-15(9-7-14)10-11-16-4-3-5-17(12-16)13-18(19)20-2/h3-5,12,14-15H,6-11,13H2,1-2H3. The van der Waals surface area contributed by atoms with Crippen LogP contribution in [0.15, 0.2) is 24.3 Å². The number of hydrogen-bond donors (Lipinski definition) is 0. The third kappa shape index (κ3) is 4.66. The molecule has 0 aliphatic heterocycles. The number of esters is 1. The summed E-state index contributed by atoms with van der Waals surface area (Å²) in [6, 6.07) is 8.38. The predicted octanol–water partition coefficient (Wildman–Crippen LogP) is 4.16. The lowest BCUT2D eigenvalue weighted by Gasteiger charge is -2.26. The fourth-order valence-electron chi connectivity index (χ4n) is 3.12. The smallest absolute Gasteiger partial charge is 0.309 e. The molecule has 1 aliphatic rings. The lowest BCUT2D eigenvalue weighted by Crippen LogP contribution is -2.13. The van der Waals surface area contributed by atoms with Crippen LogP contribution in [0.3, 0.4) is 0 Å². The van der Waals surface area contributed by atoms with Gasteiger partial charge in [0.1, 0.15) is 0 Å². The first-order valence-corrected chi connectivity index (χ1v) is 7.82. The molecule has 0 saturated heterocycles. The van der Waals surface area contributed by atoms with Crippen molar-refractivity contribution in [3.05, 3.63) is 35.4 Å². The van der Waals surface area contributed by atoms with Gasteiger partial charge in [0.25, 0.3) is 0 Å². The van der Waals surface area contributed by atoms with Crippen LogP contribution in [0.4, 0.5) is 0 Å². The van der Waals surface area contributed by atoms with Crippen LogP contribution in [0.5, 0.6) is 0 Å². The fraction of sp³-hybridized carbons (Fsp3) is 0.611. The van der Waals surface area contributed by atoms with Gasteiger partial charge in [-0.15, -0.1) is 0 Å². The molecule has 0 amide bonds. The van der Waals surface area contributed by atoms with Crippen LogP contribution in [-0.2, 0) is 22.4 Å². The van der Waals surface area contributed by atoms with Crippen molar-refractivity contribution in [1.29, 1.82) is 0 Å². The second kappa shape index (κ2) is 7.47. The van der Waals surface area contributed by atoms with Gasteiger partial charge in [-0.2, -0.15) is 0 Å². The Balaban J connectivity index is 1.83. The normalized spacial score (nSPS) is 22.5. The van der Waals surface area contributed by atoms with Crippen LogP contribution in [0, 0.1) is 11.8 Å². The number of methoxy groups -OCH3 is 1. The number of hydrogen-bond acceptors (Lipinski definition) is 2. The monoisotopic (exact) mass is 274 g/mol. The minimum atomic E-state index is -0.164. The molecule has 2 nitrogen and oxygen atoms in total. The summed E-state index contributed by atoms with van der Waals surface area (Å²) in [7, 11) is 1.44. The highest BCUT2D eigenvalue weighted by Crippen LogP contribution is 2.31. The van der Waals surface area contributed by atoms with Crippen molar-refractivity contribution >= 4 is 5.97 Å². The summed E-state index contributed by atoms with van der Waals surface area (Å²) in [6.07, 6.45) is 8.37. The Bertz CT molecular complexity index is 431. The van der Waals surface area contributed by atoms with Crippen LogP contribution in [0.2, 0.25) is 0 Å². The lowest BCUT2D eigenvalue weighted by molar-refractivity contribution is -0.139. The molecule has 0 N–H and O–H groups in total. The first-order valence-electron chi connectivity index (χ1n) is 7.82. The maximum absolute atomic E-state index is 11.3. The molecule has 1 aliphatic carbocycles. The molecular formula is C18H26O2. The molecule has 0 spiro atoms. The molecule has 0 bridgehead atoms. The van der Waals surface area contributed by atoms with E-state index in [4.69, 9.17) is 4.74 Å². The zero-order valence-corrected chi connectivity index (χ0v) is 12.7. The van der Waals surface area contributed by atoms with Gasteiger partial charge in [-0.25, -0.2) is 0 Å². The average Bonchev–Trinajstić information content (AvgIpc) is 2.47. The minimum absolute atomic E-state index is 0.164. The zero-order valence-electron chi connectivity index (χ0n) is 12.7. The van der Waals surface area contributed by atoms with E-state index < -0.39 is 0 Å². The summed E-state index contributed by atoms with van der Waals surface area (Å²) in [5, 5.41) is 0. The number of carbonyl (C=O) groups excluding carboxylic acids is 1. The van der Waals surface area contributed by atoms with Gasteiger partial charge in [-0.3, -0.25) is 4.79 Å². The molecule has 2 rings (SSSR count). The van der Waals surface area contributed by atoms with Crippen LogP contribution in [0.1, 0.15) is 50.2 Å². The molecule has 0 radical (unpaired) electrons. The summed E-state index contributed by atoms with van der Waals surface area (Å²) in [5.74, 6) is 1.66. The zero-order chi connectivity index (χ0) is 14.4. The molecule has 0 heterocycles. The molecule has 110 valence electrons. The maximum atomic E-state index is 11.3. The molecule has 1 fully saturated rings. The summed E-state index contributed by atoms with van der Waals surface area (Å²) >= 11 is 0. The maximum Gasteiger partial charge on any atom is 0.309 e. The van der Waals surface area contributed by atoms with Crippen LogP contribution in [-0.4, -0.2) is 13.1 Å². The van der Waals surface area contributed by atoms with Crippen LogP contribution < -0.4 is 0 Å². The minimum Gasteiger partial charge on any atom is -0.469 e. The third-order valence-corrected chi connectivity index (χ3v) is 4.54. The van der Waals surface area contributed by atoms with E-state index in [0.717, 1.165) is 23.8 Å². The molecule has 1 aromatic rings. The van der Waals surface area contributed by atoms with Gasteiger partial charge >= 0.3 is 5.97 Å². The van der Waals surface area contributed by atoms with Gasteiger partial charge in [-0.05, 0) is 35.8 Å². The van der Waals surface area contributed by atoms with Crippen molar-refractivity contribution in [3.63, 3.8) is 0 Å².